The maximum Gasteiger partial charge on any atom is 0.165 e. The Balaban J connectivity index is 1.20. The van der Waals surface area contributed by atoms with Gasteiger partial charge in [-0.25, -0.2) is 9.97 Å². The van der Waals surface area contributed by atoms with Crippen LogP contribution in [0.4, 0.5) is 0 Å². The van der Waals surface area contributed by atoms with E-state index in [1.165, 1.54) is 65.6 Å². The van der Waals surface area contributed by atoms with Crippen molar-refractivity contribution >= 4 is 65.4 Å². The lowest BCUT2D eigenvalue weighted by Crippen LogP contribution is -2.15. The molecule has 4 heteroatoms. The van der Waals surface area contributed by atoms with Crippen LogP contribution in [0.2, 0.25) is 0 Å². The van der Waals surface area contributed by atoms with Gasteiger partial charge in [-0.1, -0.05) is 135 Å². The normalized spacial score (nSPS) is 13.4. The molecule has 0 amide bonds. The van der Waals surface area contributed by atoms with Gasteiger partial charge in [0, 0.05) is 38.2 Å². The topological polar surface area (TPSA) is 35.6 Å². The molecule has 0 radical (unpaired) electrons. The van der Waals surface area contributed by atoms with Gasteiger partial charge in [0.15, 0.2) is 5.82 Å². The van der Waals surface area contributed by atoms with Crippen molar-refractivity contribution in [2.45, 2.75) is 19.3 Å². The zero-order chi connectivity index (χ0) is 36.4. The first kappa shape index (κ1) is 30.4. The summed E-state index contributed by atoms with van der Waals surface area (Å²) < 4.78 is 4.77. The third-order valence-corrected chi connectivity index (χ3v) is 12.1. The van der Waals surface area contributed by atoms with E-state index in [-0.39, 0.29) is 5.41 Å². The minimum absolute atomic E-state index is 0.144. The van der Waals surface area contributed by atoms with Gasteiger partial charge in [-0.2, -0.15) is 0 Å². The number of aromatic nitrogens is 4. The zero-order valence-corrected chi connectivity index (χ0v) is 30.5. The molecule has 0 aliphatic heterocycles. The quantitative estimate of drug-likeness (QED) is 0.184. The molecule has 0 spiro atoms. The van der Waals surface area contributed by atoms with E-state index in [2.05, 4.69) is 187 Å². The fraction of sp³-hybridized carbons (Fsp3) is 0.0588. The molecule has 0 saturated carbocycles. The number of nitrogens with zero attached hydrogens (tertiary/aromatic N) is 4. The van der Waals surface area contributed by atoms with Crippen molar-refractivity contribution in [3.8, 4) is 33.9 Å². The first-order valence-corrected chi connectivity index (χ1v) is 19.0. The molecule has 0 bridgehead atoms. The summed E-state index contributed by atoms with van der Waals surface area (Å²) >= 11 is 0. The van der Waals surface area contributed by atoms with E-state index in [1.807, 2.05) is 6.07 Å². The average Bonchev–Trinajstić information content (AvgIpc) is 3.83. The van der Waals surface area contributed by atoms with Crippen LogP contribution >= 0.6 is 0 Å². The van der Waals surface area contributed by atoms with Crippen LogP contribution in [-0.2, 0) is 5.41 Å². The largest absolute Gasteiger partial charge is 0.309 e. The van der Waals surface area contributed by atoms with Gasteiger partial charge >= 0.3 is 0 Å². The minimum atomic E-state index is -0.144. The second kappa shape index (κ2) is 11.0. The highest BCUT2D eigenvalue weighted by molar-refractivity contribution is 6.22. The van der Waals surface area contributed by atoms with Crippen LogP contribution < -0.4 is 0 Å². The van der Waals surface area contributed by atoms with Crippen LogP contribution in [0.3, 0.4) is 0 Å². The van der Waals surface area contributed by atoms with Gasteiger partial charge in [0.05, 0.1) is 33.1 Å². The van der Waals surface area contributed by atoms with Crippen molar-refractivity contribution in [1.29, 1.82) is 0 Å². The van der Waals surface area contributed by atoms with E-state index in [1.54, 1.807) is 0 Å². The number of rotatable bonds is 3. The summed E-state index contributed by atoms with van der Waals surface area (Å²) in [6.45, 7) is 4.67. The number of benzene rings is 8. The minimum Gasteiger partial charge on any atom is -0.309 e. The van der Waals surface area contributed by atoms with Gasteiger partial charge in [0.1, 0.15) is 5.69 Å². The van der Waals surface area contributed by atoms with Gasteiger partial charge in [-0.05, 0) is 81.6 Å². The Morgan fingerprint density at radius 3 is 1.89 bits per heavy atom. The van der Waals surface area contributed by atoms with Crippen molar-refractivity contribution < 1.29 is 0 Å². The lowest BCUT2D eigenvalue weighted by molar-refractivity contribution is 0.660. The predicted octanol–water partition coefficient (Wildman–Crippen LogP) is 13.0. The van der Waals surface area contributed by atoms with Crippen LogP contribution in [0.15, 0.2) is 170 Å². The molecule has 3 aromatic heterocycles. The molecular formula is C51H34N4. The Morgan fingerprint density at radius 2 is 1.09 bits per heavy atom. The average molecular weight is 703 g/mol. The van der Waals surface area contributed by atoms with Crippen LogP contribution in [-0.4, -0.2) is 19.1 Å². The highest BCUT2D eigenvalue weighted by atomic mass is 15.1. The number of para-hydroxylation sites is 4. The molecule has 258 valence electrons. The molecule has 8 aromatic carbocycles. The molecule has 0 N–H and O–H groups in total. The van der Waals surface area contributed by atoms with Gasteiger partial charge in [-0.3, -0.25) is 4.57 Å². The van der Waals surface area contributed by atoms with Crippen molar-refractivity contribution in [2.24, 2.45) is 0 Å². The summed E-state index contributed by atoms with van der Waals surface area (Å²) in [6, 6.07) is 61.5. The van der Waals surface area contributed by atoms with E-state index < -0.39 is 0 Å². The van der Waals surface area contributed by atoms with Crippen molar-refractivity contribution in [3.05, 3.63) is 181 Å². The predicted molar refractivity (Wildman–Crippen MR) is 229 cm³/mol. The van der Waals surface area contributed by atoms with Gasteiger partial charge < -0.3 is 4.57 Å². The van der Waals surface area contributed by atoms with E-state index >= 15 is 0 Å². The third-order valence-electron chi connectivity index (χ3n) is 12.1. The molecule has 0 fully saturated rings. The van der Waals surface area contributed by atoms with Crippen molar-refractivity contribution in [3.63, 3.8) is 0 Å². The molecule has 0 saturated heterocycles. The maximum atomic E-state index is 5.53. The monoisotopic (exact) mass is 702 g/mol. The molecular weight excluding hydrogens is 669 g/mol. The van der Waals surface area contributed by atoms with Crippen molar-refractivity contribution in [2.75, 3.05) is 0 Å². The Labute approximate surface area is 317 Å². The van der Waals surface area contributed by atoms with Crippen LogP contribution in [0.1, 0.15) is 25.0 Å². The summed E-state index contributed by atoms with van der Waals surface area (Å²) in [5, 5.41) is 7.32. The second-order valence-corrected chi connectivity index (χ2v) is 15.4. The number of hydrogen-bond donors (Lipinski definition) is 0. The Hall–Kier alpha value is -7.04. The van der Waals surface area contributed by atoms with Gasteiger partial charge in [0.25, 0.3) is 0 Å². The molecule has 4 nitrogen and oxygen atoms in total. The zero-order valence-electron chi connectivity index (χ0n) is 30.5. The summed E-state index contributed by atoms with van der Waals surface area (Å²) in [4.78, 5) is 11.0. The van der Waals surface area contributed by atoms with Crippen molar-refractivity contribution in [1.82, 2.24) is 19.1 Å². The highest BCUT2D eigenvalue weighted by Crippen LogP contribution is 2.50. The van der Waals surface area contributed by atoms with Gasteiger partial charge in [-0.15, -0.1) is 0 Å². The van der Waals surface area contributed by atoms with Crippen LogP contribution in [0.5, 0.6) is 0 Å². The molecule has 11 aromatic rings. The summed E-state index contributed by atoms with van der Waals surface area (Å²) in [5.74, 6) is 0.821. The van der Waals surface area contributed by atoms with E-state index in [0.717, 1.165) is 44.8 Å². The van der Waals surface area contributed by atoms with Gasteiger partial charge in [0.2, 0.25) is 0 Å². The van der Waals surface area contributed by atoms with Crippen LogP contribution in [0, 0.1) is 0 Å². The molecule has 0 unspecified atom stereocenters. The fourth-order valence-electron chi connectivity index (χ4n) is 9.54. The Morgan fingerprint density at radius 1 is 0.436 bits per heavy atom. The highest BCUT2D eigenvalue weighted by Gasteiger charge is 2.35. The van der Waals surface area contributed by atoms with Crippen LogP contribution in [0.25, 0.3) is 99.3 Å². The summed E-state index contributed by atoms with van der Waals surface area (Å²) in [7, 11) is 0. The lowest BCUT2D eigenvalue weighted by atomic mass is 9.82. The molecule has 1 aliphatic rings. The standard InChI is InChI=1S/C51H34N4/c1-51(2)40-18-8-5-15-35(40)36-26-23-32(29-41(36)51)49-50(53-43-20-10-9-19-42(43)52-49)55-46-28-24-31-13-3-4-14-34(31)48(46)39-27-25-33(30-47(39)55)54-44-21-11-6-16-37(44)38-17-7-12-22-45(38)54/h3-30H,1-2H3. The first-order chi connectivity index (χ1) is 27.0. The van der Waals surface area contributed by atoms with E-state index in [0.29, 0.717) is 0 Å². The second-order valence-electron chi connectivity index (χ2n) is 15.4. The molecule has 55 heavy (non-hydrogen) atoms. The van der Waals surface area contributed by atoms with E-state index in [9.17, 15) is 0 Å². The number of fused-ring (bicyclic) bond motifs is 12. The third kappa shape index (κ3) is 4.17. The maximum absolute atomic E-state index is 5.53. The Kier molecular flexibility index (Phi) is 6.09. The molecule has 1 aliphatic carbocycles. The molecule has 0 atom stereocenters. The summed E-state index contributed by atoms with van der Waals surface area (Å²) in [6.07, 6.45) is 0. The molecule has 3 heterocycles. The first-order valence-electron chi connectivity index (χ1n) is 19.0. The Bertz CT molecular complexity index is 3360. The lowest BCUT2D eigenvalue weighted by Gasteiger charge is -2.22. The fourth-order valence-corrected chi connectivity index (χ4v) is 9.54. The number of hydrogen-bond acceptors (Lipinski definition) is 2. The van der Waals surface area contributed by atoms with E-state index in [4.69, 9.17) is 9.97 Å². The summed E-state index contributed by atoms with van der Waals surface area (Å²) in [5.41, 5.74) is 14.5. The SMILES string of the molecule is CC1(C)c2ccccc2-c2ccc(-c3nc4ccccc4nc3-n3c4cc(-n5c6ccccc6c6ccccc65)ccc4c4c5ccccc5ccc43)cc21. The molecule has 12 rings (SSSR count). The smallest absolute Gasteiger partial charge is 0.165 e.